The summed E-state index contributed by atoms with van der Waals surface area (Å²) in [6.07, 6.45) is 4.17. The van der Waals surface area contributed by atoms with Crippen LogP contribution in [0.2, 0.25) is 0 Å². The van der Waals surface area contributed by atoms with Gasteiger partial charge in [-0.15, -0.1) is 21.5 Å². The molecule has 142 valence electrons. The first kappa shape index (κ1) is 17.8. The average Bonchev–Trinajstić information content (AvgIpc) is 3.45. The topological polar surface area (TPSA) is 69.1 Å². The Labute approximate surface area is 171 Å². The van der Waals surface area contributed by atoms with Crippen molar-refractivity contribution in [1.82, 2.24) is 20.2 Å². The molecule has 0 saturated carbocycles. The Bertz CT molecular complexity index is 1100. The molecule has 1 aromatic carbocycles. The summed E-state index contributed by atoms with van der Waals surface area (Å²) in [6, 6.07) is 8.53. The molecule has 1 saturated heterocycles. The third kappa shape index (κ3) is 3.55. The molecule has 0 atom stereocenters. The zero-order chi connectivity index (χ0) is 18.9. The molecule has 0 amide bonds. The number of fused-ring (bicyclic) bond motifs is 1. The van der Waals surface area contributed by atoms with Crippen LogP contribution in [0.25, 0.3) is 21.3 Å². The van der Waals surface area contributed by atoms with Crippen LogP contribution in [0.5, 0.6) is 0 Å². The fourth-order valence-electron chi connectivity index (χ4n) is 3.57. The maximum absolute atomic E-state index is 5.90. The van der Waals surface area contributed by atoms with Gasteiger partial charge in [-0.05, 0) is 24.2 Å². The Morgan fingerprint density at radius 3 is 2.75 bits per heavy atom. The molecule has 0 radical (unpaired) electrons. The Balaban J connectivity index is 1.45. The fraction of sp³-hybridized carbons (Fsp3) is 0.300. The summed E-state index contributed by atoms with van der Waals surface area (Å²) in [7, 11) is 0. The smallest absolute Gasteiger partial charge is 0.283 e. The number of nitrogens with zero attached hydrogens (tertiary/aromatic N) is 4. The lowest BCUT2D eigenvalue weighted by Gasteiger charge is -2.07. The number of likely N-dealkylation sites (tertiary alicyclic amines) is 1. The van der Waals surface area contributed by atoms with E-state index in [1.807, 2.05) is 0 Å². The van der Waals surface area contributed by atoms with Crippen molar-refractivity contribution in [2.24, 2.45) is 0 Å². The maximum Gasteiger partial charge on any atom is 0.283 e. The van der Waals surface area contributed by atoms with Gasteiger partial charge in [0.1, 0.15) is 16.2 Å². The van der Waals surface area contributed by atoms with Crippen LogP contribution in [-0.4, -0.2) is 33.3 Å². The van der Waals surface area contributed by atoms with E-state index >= 15 is 0 Å². The lowest BCUT2D eigenvalue weighted by atomic mass is 10.1. The number of aryl methyl sites for hydroxylation is 1. The highest BCUT2D eigenvalue weighted by Crippen LogP contribution is 2.39. The fourth-order valence-corrected chi connectivity index (χ4v) is 5.34. The first-order valence-electron chi connectivity index (χ1n) is 9.39. The van der Waals surface area contributed by atoms with Gasteiger partial charge < -0.3 is 9.32 Å². The molecular weight excluding hydrogens is 390 g/mol. The Morgan fingerprint density at radius 2 is 1.93 bits per heavy atom. The normalized spacial score (nSPS) is 14.9. The van der Waals surface area contributed by atoms with Crippen molar-refractivity contribution < 1.29 is 9.32 Å². The summed E-state index contributed by atoms with van der Waals surface area (Å²) in [6.45, 7) is 5.27. The summed E-state index contributed by atoms with van der Waals surface area (Å²) in [5, 5.41) is 13.0. The van der Waals surface area contributed by atoms with E-state index < -0.39 is 0 Å². The van der Waals surface area contributed by atoms with E-state index in [0.29, 0.717) is 11.1 Å². The van der Waals surface area contributed by atoms with E-state index in [0.717, 1.165) is 32.9 Å². The lowest BCUT2D eigenvalue weighted by molar-refractivity contribution is -0.902. The van der Waals surface area contributed by atoms with Gasteiger partial charge in [-0.3, -0.25) is 0 Å². The minimum Gasteiger partial charge on any atom is -0.410 e. The van der Waals surface area contributed by atoms with Crippen molar-refractivity contribution in [3.63, 3.8) is 0 Å². The van der Waals surface area contributed by atoms with Gasteiger partial charge in [0.2, 0.25) is 0 Å². The summed E-state index contributed by atoms with van der Waals surface area (Å²) in [5.74, 6) is 0.703. The first-order chi connectivity index (χ1) is 13.8. The third-order valence-electron chi connectivity index (χ3n) is 5.04. The molecule has 4 heterocycles. The summed E-state index contributed by atoms with van der Waals surface area (Å²) in [5.41, 5.74) is 3.55. The first-order valence-corrected chi connectivity index (χ1v) is 11.1. The molecule has 28 heavy (non-hydrogen) atoms. The molecule has 1 N–H and O–H groups in total. The van der Waals surface area contributed by atoms with Gasteiger partial charge in [-0.2, -0.15) is 0 Å². The van der Waals surface area contributed by atoms with E-state index in [-0.39, 0.29) is 0 Å². The van der Waals surface area contributed by atoms with Crippen LogP contribution < -0.4 is 4.90 Å². The number of benzene rings is 1. The zero-order valence-corrected chi connectivity index (χ0v) is 17.1. The quantitative estimate of drug-likeness (QED) is 0.509. The van der Waals surface area contributed by atoms with Gasteiger partial charge in [-0.25, -0.2) is 9.97 Å². The molecule has 1 aliphatic rings. The second-order valence-electron chi connectivity index (χ2n) is 7.07. The molecule has 6 nitrogen and oxygen atoms in total. The largest absolute Gasteiger partial charge is 0.410 e. The molecule has 3 aromatic heterocycles. The highest BCUT2D eigenvalue weighted by Gasteiger charge is 2.21. The van der Waals surface area contributed by atoms with Crippen molar-refractivity contribution >= 4 is 33.3 Å². The Hall–Kier alpha value is -2.29. The predicted octanol–water partition coefficient (Wildman–Crippen LogP) is 3.38. The van der Waals surface area contributed by atoms with E-state index in [4.69, 9.17) is 4.42 Å². The number of quaternary nitrogens is 1. The van der Waals surface area contributed by atoms with Crippen LogP contribution in [0.15, 0.2) is 50.6 Å². The summed E-state index contributed by atoms with van der Waals surface area (Å²) >= 11 is 3.05. The van der Waals surface area contributed by atoms with Gasteiger partial charge in [-0.1, -0.05) is 29.8 Å². The van der Waals surface area contributed by atoms with Crippen molar-refractivity contribution in [2.45, 2.75) is 36.6 Å². The molecule has 0 bridgehead atoms. The molecule has 8 heteroatoms. The van der Waals surface area contributed by atoms with Gasteiger partial charge in [0, 0.05) is 23.8 Å². The van der Waals surface area contributed by atoms with Gasteiger partial charge in [0.15, 0.2) is 6.54 Å². The molecule has 0 aliphatic carbocycles. The average molecular weight is 411 g/mol. The molecule has 0 unspecified atom stereocenters. The van der Waals surface area contributed by atoms with E-state index in [1.54, 1.807) is 17.7 Å². The van der Waals surface area contributed by atoms with Crippen LogP contribution in [0.3, 0.4) is 0 Å². The lowest BCUT2D eigenvalue weighted by Crippen LogP contribution is -3.08. The number of nitrogens with one attached hydrogen (secondary N) is 1. The number of thiophene rings is 1. The van der Waals surface area contributed by atoms with Crippen molar-refractivity contribution in [3.8, 4) is 11.1 Å². The van der Waals surface area contributed by atoms with E-state index in [2.05, 4.69) is 56.7 Å². The van der Waals surface area contributed by atoms with Crippen LogP contribution in [-0.2, 0) is 6.54 Å². The molecule has 4 aromatic rings. The molecular formula is C20H20N5OS2+. The van der Waals surface area contributed by atoms with E-state index in [1.165, 1.54) is 48.2 Å². The second-order valence-corrected chi connectivity index (χ2v) is 8.87. The van der Waals surface area contributed by atoms with Crippen molar-refractivity contribution in [3.05, 3.63) is 47.4 Å². The predicted molar refractivity (Wildman–Crippen MR) is 110 cm³/mol. The van der Waals surface area contributed by atoms with Gasteiger partial charge in [0.25, 0.3) is 11.1 Å². The van der Waals surface area contributed by atoms with Crippen LogP contribution >= 0.6 is 23.1 Å². The second kappa shape index (κ2) is 7.62. The molecule has 1 fully saturated rings. The monoisotopic (exact) mass is 410 g/mol. The molecule has 0 spiro atoms. The highest BCUT2D eigenvalue weighted by atomic mass is 32.2. The van der Waals surface area contributed by atoms with Gasteiger partial charge in [0.05, 0.1) is 18.5 Å². The van der Waals surface area contributed by atoms with Crippen LogP contribution in [0, 0.1) is 6.92 Å². The zero-order valence-electron chi connectivity index (χ0n) is 15.5. The van der Waals surface area contributed by atoms with E-state index in [9.17, 15) is 0 Å². The number of hydrogen-bond acceptors (Lipinski definition) is 7. The minimum atomic E-state index is 0.537. The number of hydrogen-bond donors (Lipinski definition) is 1. The Morgan fingerprint density at radius 1 is 1.11 bits per heavy atom. The highest BCUT2D eigenvalue weighted by molar-refractivity contribution is 7.99. The Kier molecular flexibility index (Phi) is 4.84. The minimum absolute atomic E-state index is 0.537. The standard InChI is InChI=1S/C20H19N5OS2/c1-13-4-6-14(7-5-13)15-11-27-18-17(15)19(22-12-21-18)28-20-24-23-16(26-20)10-25-8-2-3-9-25/h4-7,11-12H,2-3,8-10H2,1H3/p+1. The molecule has 5 rings (SSSR count). The van der Waals surface area contributed by atoms with Gasteiger partial charge >= 0.3 is 0 Å². The molecule has 1 aliphatic heterocycles. The SMILES string of the molecule is Cc1ccc(-c2csc3ncnc(Sc4nnc(C[NH+]5CCCC5)o4)c23)cc1. The van der Waals surface area contributed by atoms with Crippen molar-refractivity contribution in [1.29, 1.82) is 0 Å². The summed E-state index contributed by atoms with van der Waals surface area (Å²) in [4.78, 5) is 11.4. The third-order valence-corrected chi connectivity index (χ3v) is 6.77. The number of rotatable bonds is 5. The maximum atomic E-state index is 5.90. The van der Waals surface area contributed by atoms with Crippen LogP contribution in [0.1, 0.15) is 24.3 Å². The van der Waals surface area contributed by atoms with Crippen LogP contribution in [0.4, 0.5) is 0 Å². The van der Waals surface area contributed by atoms with Crippen molar-refractivity contribution in [2.75, 3.05) is 13.1 Å². The number of aromatic nitrogens is 4. The summed E-state index contributed by atoms with van der Waals surface area (Å²) < 4.78 is 5.90.